The van der Waals surface area contributed by atoms with E-state index in [1.807, 2.05) is 19.9 Å². The Balaban J connectivity index is 1.74. The molecule has 1 aliphatic rings. The molecule has 43 heavy (non-hydrogen) atoms. The number of esters is 1. The van der Waals surface area contributed by atoms with Crippen LogP contribution in [-0.2, 0) is 40.9 Å². The number of nitrogens with zero attached hydrogens (tertiary/aromatic N) is 2. The molecule has 0 aromatic heterocycles. The molecule has 0 saturated carbocycles. The number of benzene rings is 3. The van der Waals surface area contributed by atoms with Gasteiger partial charge in [0, 0.05) is 13.5 Å². The third-order valence-corrected chi connectivity index (χ3v) is 10.7. The van der Waals surface area contributed by atoms with E-state index < -0.39 is 43.9 Å². The SMILES string of the molecule is CC(=O)Oc1ccc(N2C(=O)CC(N(CCc3ccc(S(N)(=O)=O)cc3)S(=O)(=O)c3c(C)c(C)cc(C)c3C)C2=O)cc1. The number of rotatable bonds is 9. The summed E-state index contributed by atoms with van der Waals surface area (Å²) < 4.78 is 58.3. The molecule has 13 heteroatoms. The van der Waals surface area contributed by atoms with Crippen LogP contribution < -0.4 is 14.8 Å². The molecule has 1 atom stereocenters. The number of carbonyl (C=O) groups excluding carboxylic acids is 3. The standard InChI is InChI=1S/C30H33N3O8S2/c1-18-16-19(2)21(4)29(20(18)3)43(39,40)32(15-14-23-6-12-26(13-7-23)42(31,37)38)27-17-28(35)33(30(27)36)24-8-10-25(11-9-24)41-22(5)34/h6-13,16,27H,14-15,17H2,1-5H3,(H2,31,37,38). The van der Waals surface area contributed by atoms with E-state index in [0.717, 1.165) is 20.3 Å². The zero-order chi connectivity index (χ0) is 31.9. The minimum atomic E-state index is -4.31. The summed E-state index contributed by atoms with van der Waals surface area (Å²) in [5.74, 6) is -1.59. The van der Waals surface area contributed by atoms with Gasteiger partial charge in [0.15, 0.2) is 0 Å². The second-order valence-corrected chi connectivity index (χ2v) is 13.9. The Morgan fingerprint density at radius 1 is 0.930 bits per heavy atom. The van der Waals surface area contributed by atoms with Crippen LogP contribution in [0.4, 0.5) is 5.69 Å². The Labute approximate surface area is 251 Å². The summed E-state index contributed by atoms with van der Waals surface area (Å²) >= 11 is 0. The molecule has 1 unspecified atom stereocenters. The molecule has 228 valence electrons. The normalized spacial score (nSPS) is 15.8. The Morgan fingerprint density at radius 2 is 1.49 bits per heavy atom. The smallest absolute Gasteiger partial charge is 0.308 e. The van der Waals surface area contributed by atoms with E-state index in [1.54, 1.807) is 13.8 Å². The molecule has 1 heterocycles. The summed E-state index contributed by atoms with van der Waals surface area (Å²) in [4.78, 5) is 39.2. The number of nitrogens with two attached hydrogens (primary N) is 1. The minimum Gasteiger partial charge on any atom is -0.427 e. The maximum atomic E-state index is 14.4. The summed E-state index contributed by atoms with van der Waals surface area (Å²) in [6.45, 7) is 8.11. The van der Waals surface area contributed by atoms with Crippen LogP contribution in [0.3, 0.4) is 0 Å². The molecular weight excluding hydrogens is 594 g/mol. The largest absolute Gasteiger partial charge is 0.427 e. The molecule has 1 fully saturated rings. The molecule has 0 bridgehead atoms. The van der Waals surface area contributed by atoms with Crippen LogP contribution in [0.2, 0.25) is 0 Å². The van der Waals surface area contributed by atoms with Crippen molar-refractivity contribution in [3.8, 4) is 5.75 Å². The first-order valence-electron chi connectivity index (χ1n) is 13.4. The number of hydrogen-bond acceptors (Lipinski definition) is 8. The maximum Gasteiger partial charge on any atom is 0.308 e. The lowest BCUT2D eigenvalue weighted by atomic mass is 10.0. The average molecular weight is 628 g/mol. The van der Waals surface area contributed by atoms with E-state index in [9.17, 15) is 31.2 Å². The number of ether oxygens (including phenoxy) is 1. The third kappa shape index (κ3) is 6.54. The van der Waals surface area contributed by atoms with Crippen LogP contribution in [0.1, 0.15) is 41.2 Å². The van der Waals surface area contributed by atoms with Gasteiger partial charge in [-0.2, -0.15) is 4.31 Å². The molecule has 0 spiro atoms. The Kier molecular flexibility index (Phi) is 8.93. The lowest BCUT2D eigenvalue weighted by molar-refractivity contribution is -0.132. The lowest BCUT2D eigenvalue weighted by Crippen LogP contribution is -2.46. The number of amides is 2. The number of sulfonamides is 2. The van der Waals surface area contributed by atoms with E-state index >= 15 is 0 Å². The quantitative estimate of drug-likeness (QED) is 0.215. The van der Waals surface area contributed by atoms with Gasteiger partial charge in [-0.25, -0.2) is 26.9 Å². The Morgan fingerprint density at radius 3 is 2.00 bits per heavy atom. The number of imide groups is 1. The Hall–Kier alpha value is -3.91. The van der Waals surface area contributed by atoms with Crippen molar-refractivity contribution in [3.63, 3.8) is 0 Å². The molecule has 2 amide bonds. The van der Waals surface area contributed by atoms with Crippen molar-refractivity contribution in [1.82, 2.24) is 4.31 Å². The second kappa shape index (κ2) is 12.0. The summed E-state index contributed by atoms with van der Waals surface area (Å²) in [6, 6.07) is 12.0. The molecule has 4 rings (SSSR count). The summed E-state index contributed by atoms with van der Waals surface area (Å²) in [5.41, 5.74) is 3.44. The number of primary sulfonamides is 1. The number of aryl methyl sites for hydroxylation is 2. The highest BCUT2D eigenvalue weighted by Gasteiger charge is 2.47. The molecule has 2 N–H and O–H groups in total. The van der Waals surface area contributed by atoms with Gasteiger partial charge in [0.2, 0.25) is 26.0 Å². The average Bonchev–Trinajstić information content (AvgIpc) is 3.20. The van der Waals surface area contributed by atoms with Crippen LogP contribution in [0.15, 0.2) is 64.4 Å². The molecule has 11 nitrogen and oxygen atoms in total. The van der Waals surface area contributed by atoms with Gasteiger partial charge in [-0.15, -0.1) is 0 Å². The van der Waals surface area contributed by atoms with E-state index in [2.05, 4.69) is 0 Å². The number of hydrogen-bond donors (Lipinski definition) is 1. The van der Waals surface area contributed by atoms with E-state index in [0.29, 0.717) is 16.7 Å². The molecular formula is C30H33N3O8S2. The molecule has 3 aromatic rings. The van der Waals surface area contributed by atoms with Gasteiger partial charge in [0.05, 0.1) is 21.9 Å². The van der Waals surface area contributed by atoms with Gasteiger partial charge >= 0.3 is 5.97 Å². The first kappa shape index (κ1) is 32.0. The molecule has 1 aliphatic heterocycles. The van der Waals surface area contributed by atoms with Crippen LogP contribution in [-0.4, -0.2) is 51.5 Å². The van der Waals surface area contributed by atoms with Crippen molar-refractivity contribution >= 4 is 43.5 Å². The fraction of sp³-hybridized carbons (Fsp3) is 0.300. The van der Waals surface area contributed by atoms with Crippen molar-refractivity contribution in [2.24, 2.45) is 5.14 Å². The van der Waals surface area contributed by atoms with Crippen LogP contribution in [0, 0.1) is 27.7 Å². The second-order valence-electron chi connectivity index (χ2n) is 10.5. The monoisotopic (exact) mass is 627 g/mol. The fourth-order valence-electron chi connectivity index (χ4n) is 5.15. The molecule has 0 radical (unpaired) electrons. The van der Waals surface area contributed by atoms with Crippen LogP contribution >= 0.6 is 0 Å². The minimum absolute atomic E-state index is 0.0824. The summed E-state index contributed by atoms with van der Waals surface area (Å²) in [5, 5.41) is 5.19. The van der Waals surface area contributed by atoms with Gasteiger partial charge in [-0.1, -0.05) is 18.2 Å². The molecule has 0 aliphatic carbocycles. The zero-order valence-corrected chi connectivity index (χ0v) is 26.1. The Bertz CT molecular complexity index is 1790. The predicted octanol–water partition coefficient (Wildman–Crippen LogP) is 3.06. The van der Waals surface area contributed by atoms with Gasteiger partial charge in [0.1, 0.15) is 11.8 Å². The first-order valence-corrected chi connectivity index (χ1v) is 16.4. The van der Waals surface area contributed by atoms with Crippen molar-refractivity contribution in [3.05, 3.63) is 82.4 Å². The highest BCUT2D eigenvalue weighted by atomic mass is 32.2. The van der Waals surface area contributed by atoms with Gasteiger partial charge < -0.3 is 4.74 Å². The van der Waals surface area contributed by atoms with E-state index in [4.69, 9.17) is 9.88 Å². The van der Waals surface area contributed by atoms with Gasteiger partial charge in [0.25, 0.3) is 5.91 Å². The molecule has 1 saturated heterocycles. The zero-order valence-electron chi connectivity index (χ0n) is 24.4. The lowest BCUT2D eigenvalue weighted by Gasteiger charge is -2.29. The van der Waals surface area contributed by atoms with Crippen molar-refractivity contribution < 1.29 is 36.0 Å². The van der Waals surface area contributed by atoms with Crippen molar-refractivity contribution in [2.45, 2.75) is 63.3 Å². The van der Waals surface area contributed by atoms with E-state index in [-0.39, 0.29) is 40.6 Å². The van der Waals surface area contributed by atoms with Crippen molar-refractivity contribution in [1.29, 1.82) is 0 Å². The van der Waals surface area contributed by atoms with Crippen LogP contribution in [0.5, 0.6) is 5.75 Å². The van der Waals surface area contributed by atoms with Crippen molar-refractivity contribution in [2.75, 3.05) is 11.4 Å². The topological polar surface area (TPSA) is 161 Å². The highest BCUT2D eigenvalue weighted by Crippen LogP contribution is 2.34. The first-order chi connectivity index (χ1) is 20.0. The van der Waals surface area contributed by atoms with Gasteiger partial charge in [-0.3, -0.25) is 14.4 Å². The van der Waals surface area contributed by atoms with E-state index in [1.165, 1.54) is 55.5 Å². The molecule has 3 aromatic carbocycles. The predicted molar refractivity (Wildman–Crippen MR) is 159 cm³/mol. The third-order valence-electron chi connectivity index (χ3n) is 7.56. The number of carbonyl (C=O) groups is 3. The van der Waals surface area contributed by atoms with Crippen LogP contribution in [0.25, 0.3) is 0 Å². The highest BCUT2D eigenvalue weighted by molar-refractivity contribution is 7.89. The van der Waals surface area contributed by atoms with Gasteiger partial charge in [-0.05, 0) is 98.3 Å². The number of anilines is 1. The fourth-order valence-corrected chi connectivity index (χ4v) is 7.83. The summed E-state index contributed by atoms with van der Waals surface area (Å²) in [6.07, 6.45) is -0.251. The summed E-state index contributed by atoms with van der Waals surface area (Å²) in [7, 11) is -8.23. The maximum absolute atomic E-state index is 14.4.